The molecule has 0 spiro atoms. The maximum Gasteiger partial charge on any atom is 0.0467 e. The Morgan fingerprint density at radius 1 is 0.484 bits per heavy atom. The van der Waals surface area contributed by atoms with Gasteiger partial charge >= 0.3 is 0 Å². The van der Waals surface area contributed by atoms with Crippen LogP contribution in [0.2, 0.25) is 0 Å². The predicted molar refractivity (Wildman–Crippen MR) is 275 cm³/mol. The molecule has 0 radical (unpaired) electrons. The van der Waals surface area contributed by atoms with Gasteiger partial charge in [0, 0.05) is 34.5 Å². The number of hydrogen-bond donors (Lipinski definition) is 0. The second-order valence-corrected chi connectivity index (χ2v) is 17.8. The second-order valence-electron chi connectivity index (χ2n) is 17.8. The topological polar surface area (TPSA) is 6.48 Å². The van der Waals surface area contributed by atoms with Gasteiger partial charge in [-0.25, -0.2) is 0 Å². The van der Waals surface area contributed by atoms with Gasteiger partial charge in [0.15, 0.2) is 0 Å². The minimum Gasteiger partial charge on any atom is -0.343 e. The first-order chi connectivity index (χ1) is 31.6. The Hall–Kier alpha value is -6.64. The van der Waals surface area contributed by atoms with Crippen LogP contribution in [0.4, 0.5) is 22.7 Å². The van der Waals surface area contributed by atoms with Crippen LogP contribution in [0, 0.1) is 5.92 Å². The monoisotopic (exact) mass is 834 g/mol. The highest BCUT2D eigenvalue weighted by Crippen LogP contribution is 2.41. The SMILES string of the molecule is CCCCCCC(C)N(C1=CCC(C2=CCCC(c3cccc(-c4ccc(N(c5ccccc5)c5cccc(-c6ccccc6)c5)cc4)c3)=C2)CC1)c1cccc(-c2ccccc2)c1. The lowest BCUT2D eigenvalue weighted by Crippen LogP contribution is -2.34. The molecule has 2 aliphatic rings. The zero-order valence-corrected chi connectivity index (χ0v) is 37.8. The van der Waals surface area contributed by atoms with Gasteiger partial charge in [0.1, 0.15) is 0 Å². The second kappa shape index (κ2) is 20.7. The van der Waals surface area contributed by atoms with E-state index in [1.54, 1.807) is 0 Å². The third-order valence-electron chi connectivity index (χ3n) is 13.4. The van der Waals surface area contributed by atoms with Crippen molar-refractivity contribution in [2.24, 2.45) is 5.92 Å². The molecule has 7 aromatic rings. The number of rotatable bonds is 16. The van der Waals surface area contributed by atoms with E-state index in [9.17, 15) is 0 Å². The highest BCUT2D eigenvalue weighted by Gasteiger charge is 2.26. The van der Waals surface area contributed by atoms with Crippen molar-refractivity contribution >= 4 is 28.3 Å². The van der Waals surface area contributed by atoms with Crippen molar-refractivity contribution in [1.29, 1.82) is 0 Å². The van der Waals surface area contributed by atoms with E-state index in [0.29, 0.717) is 12.0 Å². The average Bonchev–Trinajstić information content (AvgIpc) is 3.37. The molecule has 2 heteroatoms. The molecular weight excluding hydrogens is 773 g/mol. The summed E-state index contributed by atoms with van der Waals surface area (Å²) < 4.78 is 0. The first-order valence-electron chi connectivity index (χ1n) is 23.9. The largest absolute Gasteiger partial charge is 0.343 e. The molecule has 0 bridgehead atoms. The molecule has 64 heavy (non-hydrogen) atoms. The van der Waals surface area contributed by atoms with Gasteiger partial charge in [-0.2, -0.15) is 0 Å². The lowest BCUT2D eigenvalue weighted by atomic mass is 9.81. The lowest BCUT2D eigenvalue weighted by Gasteiger charge is -2.37. The molecular formula is C62H62N2. The fourth-order valence-electron chi connectivity index (χ4n) is 9.93. The third-order valence-corrected chi connectivity index (χ3v) is 13.4. The average molecular weight is 835 g/mol. The Balaban J connectivity index is 0.925. The maximum absolute atomic E-state index is 2.69. The van der Waals surface area contributed by atoms with E-state index < -0.39 is 0 Å². The van der Waals surface area contributed by atoms with Crippen molar-refractivity contribution in [3.05, 3.63) is 223 Å². The summed E-state index contributed by atoms with van der Waals surface area (Å²) in [7, 11) is 0. The molecule has 9 rings (SSSR count). The van der Waals surface area contributed by atoms with Crippen LogP contribution in [0.15, 0.2) is 218 Å². The normalized spacial score (nSPS) is 15.4. The van der Waals surface area contributed by atoms with Gasteiger partial charge in [-0.05, 0) is 156 Å². The van der Waals surface area contributed by atoms with Gasteiger partial charge in [0.05, 0.1) is 0 Å². The van der Waals surface area contributed by atoms with Gasteiger partial charge in [-0.1, -0.05) is 184 Å². The molecule has 0 fully saturated rings. The fraction of sp³-hybridized carbons (Fsp3) is 0.226. The highest BCUT2D eigenvalue weighted by molar-refractivity contribution is 5.82. The van der Waals surface area contributed by atoms with Crippen LogP contribution in [0.1, 0.15) is 83.6 Å². The van der Waals surface area contributed by atoms with E-state index in [1.165, 1.54) is 100.0 Å². The molecule has 0 amide bonds. The van der Waals surface area contributed by atoms with Crippen molar-refractivity contribution in [2.45, 2.75) is 84.1 Å². The van der Waals surface area contributed by atoms with Crippen LogP contribution >= 0.6 is 0 Å². The van der Waals surface area contributed by atoms with Crippen molar-refractivity contribution in [1.82, 2.24) is 0 Å². The van der Waals surface area contributed by atoms with Crippen LogP contribution in [-0.2, 0) is 0 Å². The van der Waals surface area contributed by atoms with Crippen LogP contribution in [0.25, 0.3) is 39.0 Å². The van der Waals surface area contributed by atoms with Crippen LogP contribution in [-0.4, -0.2) is 6.04 Å². The minimum atomic E-state index is 0.453. The zero-order valence-electron chi connectivity index (χ0n) is 37.8. The molecule has 320 valence electrons. The van der Waals surface area contributed by atoms with Gasteiger partial charge in [0.25, 0.3) is 0 Å². The van der Waals surface area contributed by atoms with Gasteiger partial charge in [-0.15, -0.1) is 0 Å². The Morgan fingerprint density at radius 3 is 1.69 bits per heavy atom. The summed E-state index contributed by atoms with van der Waals surface area (Å²) in [5.41, 5.74) is 18.0. The number of para-hydroxylation sites is 1. The van der Waals surface area contributed by atoms with Gasteiger partial charge in [-0.3, -0.25) is 0 Å². The minimum absolute atomic E-state index is 0.453. The molecule has 2 aliphatic carbocycles. The maximum atomic E-state index is 2.69. The molecule has 0 N–H and O–H groups in total. The summed E-state index contributed by atoms with van der Waals surface area (Å²) in [4.78, 5) is 5.04. The van der Waals surface area contributed by atoms with Crippen molar-refractivity contribution in [3.8, 4) is 33.4 Å². The predicted octanol–water partition coefficient (Wildman–Crippen LogP) is 17.8. The molecule has 0 saturated carbocycles. The first kappa shape index (κ1) is 42.7. The summed E-state index contributed by atoms with van der Waals surface area (Å²) in [6.45, 7) is 4.75. The summed E-state index contributed by atoms with van der Waals surface area (Å²) >= 11 is 0. The summed E-state index contributed by atoms with van der Waals surface area (Å²) in [5, 5.41) is 0. The number of benzene rings is 7. The molecule has 7 aromatic carbocycles. The molecule has 2 nitrogen and oxygen atoms in total. The lowest BCUT2D eigenvalue weighted by molar-refractivity contribution is 0.507. The number of nitrogens with zero attached hydrogens (tertiary/aromatic N) is 2. The number of allylic oxidation sites excluding steroid dienone is 6. The standard InChI is InChI=1S/C62H62N2/c1-3-4-5-9-20-47(2)63(61-33-18-29-56(45-61)48-21-10-6-11-22-48)59-39-35-50(36-40-59)52-25-16-27-54(43-52)55-28-17-26-53(44-55)51-37-41-60(42-38-51)64(58-31-14-8-15-32-58)62-34-19-30-57(46-62)49-23-12-7-13-24-49/h6-8,10-15,17-19,21-26,28-34,37-39,41-47,50H,3-5,9,16,20,27,35-36,40H2,1-2H3. The van der Waals surface area contributed by atoms with Crippen molar-refractivity contribution < 1.29 is 0 Å². The third kappa shape index (κ3) is 10.1. The fourth-order valence-corrected chi connectivity index (χ4v) is 9.93. The van der Waals surface area contributed by atoms with Crippen molar-refractivity contribution in [2.75, 3.05) is 9.80 Å². The number of anilines is 4. The summed E-state index contributed by atoms with van der Waals surface area (Å²) in [5.74, 6) is 0.549. The van der Waals surface area contributed by atoms with E-state index in [4.69, 9.17) is 0 Å². The molecule has 0 heterocycles. The quantitative estimate of drug-likeness (QED) is 0.0895. The molecule has 2 unspecified atom stereocenters. The molecule has 0 saturated heterocycles. The van der Waals surface area contributed by atoms with Gasteiger partial charge < -0.3 is 9.80 Å². The molecule has 0 aliphatic heterocycles. The summed E-state index contributed by atoms with van der Waals surface area (Å²) in [6.07, 6.45) is 19.6. The van der Waals surface area contributed by atoms with Crippen molar-refractivity contribution in [3.63, 3.8) is 0 Å². The van der Waals surface area contributed by atoms with E-state index >= 15 is 0 Å². The number of unbranched alkanes of at least 4 members (excludes halogenated alkanes) is 3. The Kier molecular flexibility index (Phi) is 13.8. The van der Waals surface area contributed by atoms with Crippen LogP contribution < -0.4 is 9.80 Å². The number of hydrogen-bond acceptors (Lipinski definition) is 2. The highest BCUT2D eigenvalue weighted by atomic mass is 15.2. The van der Waals surface area contributed by atoms with Crippen LogP contribution in [0.3, 0.4) is 0 Å². The van der Waals surface area contributed by atoms with E-state index in [2.05, 4.69) is 230 Å². The zero-order chi connectivity index (χ0) is 43.5. The molecule has 0 aromatic heterocycles. The van der Waals surface area contributed by atoms with E-state index in [1.807, 2.05) is 0 Å². The van der Waals surface area contributed by atoms with Gasteiger partial charge in [0.2, 0.25) is 0 Å². The molecule has 2 atom stereocenters. The smallest absolute Gasteiger partial charge is 0.0467 e. The Bertz CT molecular complexity index is 2690. The first-order valence-corrected chi connectivity index (χ1v) is 23.9. The van der Waals surface area contributed by atoms with Crippen LogP contribution in [0.5, 0.6) is 0 Å². The Labute approximate surface area is 383 Å². The van der Waals surface area contributed by atoms with E-state index in [-0.39, 0.29) is 0 Å². The van der Waals surface area contributed by atoms with E-state index in [0.717, 1.165) is 42.7 Å². The Morgan fingerprint density at radius 2 is 1.03 bits per heavy atom. The summed E-state index contributed by atoms with van der Waals surface area (Å²) in [6, 6.07) is 69.0.